The number of rotatable bonds is 6. The molecular formula is C10H17N3O. The zero-order valence-electron chi connectivity index (χ0n) is 8.57. The highest BCUT2D eigenvalue weighted by Gasteiger charge is 2.21. The van der Waals surface area contributed by atoms with Crippen LogP contribution in [0.25, 0.3) is 0 Å². The highest BCUT2D eigenvalue weighted by molar-refractivity contribution is 4.90. The van der Waals surface area contributed by atoms with Crippen molar-refractivity contribution >= 4 is 0 Å². The molecule has 0 unspecified atom stereocenters. The van der Waals surface area contributed by atoms with Gasteiger partial charge in [-0.15, -0.1) is 0 Å². The minimum atomic E-state index is 0.632. The van der Waals surface area contributed by atoms with Gasteiger partial charge in [0.2, 0.25) is 0 Å². The normalized spacial score (nSPS) is 16.1. The van der Waals surface area contributed by atoms with Crippen molar-refractivity contribution in [2.75, 3.05) is 13.7 Å². The molecule has 1 aliphatic carbocycles. The second-order valence-electron chi connectivity index (χ2n) is 3.79. The Bertz CT molecular complexity index is 281. The number of aromatic nitrogens is 2. The SMILES string of the molecule is CNCc1nccn1COCC1CC1. The van der Waals surface area contributed by atoms with Crippen LogP contribution in [0.1, 0.15) is 18.7 Å². The van der Waals surface area contributed by atoms with E-state index in [0.29, 0.717) is 6.73 Å². The van der Waals surface area contributed by atoms with Crippen LogP contribution in [0.5, 0.6) is 0 Å². The molecule has 0 aromatic carbocycles. The van der Waals surface area contributed by atoms with Gasteiger partial charge < -0.3 is 14.6 Å². The molecule has 0 bridgehead atoms. The van der Waals surface area contributed by atoms with E-state index < -0.39 is 0 Å². The Hall–Kier alpha value is -0.870. The number of imidazole rings is 1. The van der Waals surface area contributed by atoms with E-state index in [9.17, 15) is 0 Å². The van der Waals surface area contributed by atoms with Gasteiger partial charge in [0, 0.05) is 12.4 Å². The van der Waals surface area contributed by atoms with E-state index in [-0.39, 0.29) is 0 Å². The van der Waals surface area contributed by atoms with E-state index in [1.54, 1.807) is 0 Å². The fourth-order valence-corrected chi connectivity index (χ4v) is 1.39. The van der Waals surface area contributed by atoms with Crippen LogP contribution in [0, 0.1) is 5.92 Å². The summed E-state index contributed by atoms with van der Waals surface area (Å²) in [4.78, 5) is 4.24. The molecule has 1 N–H and O–H groups in total. The largest absolute Gasteiger partial charge is 0.360 e. The van der Waals surface area contributed by atoms with Gasteiger partial charge in [0.15, 0.2) is 0 Å². The summed E-state index contributed by atoms with van der Waals surface area (Å²) in [5.41, 5.74) is 0. The van der Waals surface area contributed by atoms with Crippen LogP contribution in [0.3, 0.4) is 0 Å². The molecule has 1 saturated carbocycles. The van der Waals surface area contributed by atoms with Gasteiger partial charge in [0.1, 0.15) is 12.6 Å². The Morgan fingerprint density at radius 1 is 1.64 bits per heavy atom. The molecule has 1 aliphatic rings. The van der Waals surface area contributed by atoms with Gasteiger partial charge in [-0.05, 0) is 25.8 Å². The van der Waals surface area contributed by atoms with Crippen molar-refractivity contribution in [3.63, 3.8) is 0 Å². The minimum absolute atomic E-state index is 0.632. The van der Waals surface area contributed by atoms with E-state index >= 15 is 0 Å². The van der Waals surface area contributed by atoms with Crippen LogP contribution >= 0.6 is 0 Å². The second-order valence-corrected chi connectivity index (χ2v) is 3.79. The van der Waals surface area contributed by atoms with Crippen molar-refractivity contribution in [2.24, 2.45) is 5.92 Å². The maximum Gasteiger partial charge on any atom is 0.124 e. The fourth-order valence-electron chi connectivity index (χ4n) is 1.39. The number of ether oxygens (including phenoxy) is 1. The van der Waals surface area contributed by atoms with Gasteiger partial charge in [0.25, 0.3) is 0 Å². The van der Waals surface area contributed by atoms with E-state index in [1.807, 2.05) is 24.0 Å². The predicted molar refractivity (Wildman–Crippen MR) is 53.7 cm³/mol. The molecule has 0 atom stereocenters. The van der Waals surface area contributed by atoms with Crippen molar-refractivity contribution in [3.05, 3.63) is 18.2 Å². The van der Waals surface area contributed by atoms with Gasteiger partial charge in [-0.1, -0.05) is 0 Å². The molecule has 0 saturated heterocycles. The summed E-state index contributed by atoms with van der Waals surface area (Å²) < 4.78 is 7.62. The van der Waals surface area contributed by atoms with Crippen LogP contribution < -0.4 is 5.32 Å². The highest BCUT2D eigenvalue weighted by atomic mass is 16.5. The number of nitrogens with zero attached hydrogens (tertiary/aromatic N) is 2. The maximum absolute atomic E-state index is 5.58. The number of hydrogen-bond acceptors (Lipinski definition) is 3. The molecule has 0 aliphatic heterocycles. The summed E-state index contributed by atoms with van der Waals surface area (Å²) in [6, 6.07) is 0. The van der Waals surface area contributed by atoms with Gasteiger partial charge in [0.05, 0.1) is 13.2 Å². The third kappa shape index (κ3) is 2.56. The Morgan fingerprint density at radius 2 is 2.50 bits per heavy atom. The topological polar surface area (TPSA) is 39.1 Å². The van der Waals surface area contributed by atoms with Gasteiger partial charge in [-0.2, -0.15) is 0 Å². The van der Waals surface area contributed by atoms with Gasteiger partial charge >= 0.3 is 0 Å². The number of hydrogen-bond donors (Lipinski definition) is 1. The Labute approximate surface area is 84.3 Å². The first kappa shape index (κ1) is 9.68. The van der Waals surface area contributed by atoms with E-state index in [0.717, 1.165) is 24.9 Å². The van der Waals surface area contributed by atoms with Crippen molar-refractivity contribution in [1.29, 1.82) is 0 Å². The lowest BCUT2D eigenvalue weighted by atomic mass is 10.5. The highest BCUT2D eigenvalue weighted by Crippen LogP contribution is 2.28. The van der Waals surface area contributed by atoms with Gasteiger partial charge in [-0.3, -0.25) is 0 Å². The second kappa shape index (κ2) is 4.57. The molecule has 1 fully saturated rings. The predicted octanol–water partition coefficient (Wildman–Crippen LogP) is 0.987. The van der Waals surface area contributed by atoms with Crippen LogP contribution in [-0.4, -0.2) is 23.2 Å². The zero-order chi connectivity index (χ0) is 9.80. The quantitative estimate of drug-likeness (QED) is 0.735. The summed E-state index contributed by atoms with van der Waals surface area (Å²) in [5.74, 6) is 1.86. The van der Waals surface area contributed by atoms with Crippen molar-refractivity contribution in [3.8, 4) is 0 Å². The molecule has 4 nitrogen and oxygen atoms in total. The molecule has 0 amide bonds. The van der Waals surface area contributed by atoms with Crippen LogP contribution in [0.15, 0.2) is 12.4 Å². The first-order valence-electron chi connectivity index (χ1n) is 5.12. The molecule has 1 aromatic heterocycles. The maximum atomic E-state index is 5.58. The monoisotopic (exact) mass is 195 g/mol. The van der Waals surface area contributed by atoms with Crippen molar-refractivity contribution in [2.45, 2.75) is 26.1 Å². The number of nitrogens with one attached hydrogen (secondary N) is 1. The van der Waals surface area contributed by atoms with E-state index in [4.69, 9.17) is 4.74 Å². The summed E-state index contributed by atoms with van der Waals surface area (Å²) in [7, 11) is 1.92. The molecular weight excluding hydrogens is 178 g/mol. The summed E-state index contributed by atoms with van der Waals surface area (Å²) in [6.07, 6.45) is 6.45. The van der Waals surface area contributed by atoms with Crippen LogP contribution in [-0.2, 0) is 18.0 Å². The Kier molecular flexibility index (Phi) is 3.16. The summed E-state index contributed by atoms with van der Waals surface area (Å²) in [6.45, 7) is 2.32. The van der Waals surface area contributed by atoms with Crippen molar-refractivity contribution in [1.82, 2.24) is 14.9 Å². The van der Waals surface area contributed by atoms with Gasteiger partial charge in [-0.25, -0.2) is 4.98 Å². The average molecular weight is 195 g/mol. The van der Waals surface area contributed by atoms with Crippen LogP contribution in [0.4, 0.5) is 0 Å². The summed E-state index contributed by atoms with van der Waals surface area (Å²) in [5, 5.41) is 3.08. The first-order valence-corrected chi connectivity index (χ1v) is 5.12. The molecule has 78 valence electrons. The summed E-state index contributed by atoms with van der Waals surface area (Å²) >= 11 is 0. The van der Waals surface area contributed by atoms with E-state index in [2.05, 4.69) is 10.3 Å². The van der Waals surface area contributed by atoms with Crippen molar-refractivity contribution < 1.29 is 4.74 Å². The molecule has 14 heavy (non-hydrogen) atoms. The lowest BCUT2D eigenvalue weighted by molar-refractivity contribution is 0.0670. The smallest absolute Gasteiger partial charge is 0.124 e. The third-order valence-electron chi connectivity index (χ3n) is 2.42. The zero-order valence-corrected chi connectivity index (χ0v) is 8.57. The van der Waals surface area contributed by atoms with E-state index in [1.165, 1.54) is 12.8 Å². The Morgan fingerprint density at radius 3 is 3.21 bits per heavy atom. The molecule has 1 heterocycles. The standard InChI is InChI=1S/C10H17N3O/c1-11-6-10-12-4-5-13(10)8-14-7-9-2-3-9/h4-5,9,11H,2-3,6-8H2,1H3. The van der Waals surface area contributed by atoms with Crippen LogP contribution in [0.2, 0.25) is 0 Å². The molecule has 0 spiro atoms. The lowest BCUT2D eigenvalue weighted by Gasteiger charge is -2.07. The molecule has 1 aromatic rings. The third-order valence-corrected chi connectivity index (χ3v) is 2.42. The Balaban J connectivity index is 1.78. The lowest BCUT2D eigenvalue weighted by Crippen LogP contribution is -2.13. The minimum Gasteiger partial charge on any atom is -0.360 e. The molecule has 0 radical (unpaired) electrons. The molecule has 4 heteroatoms. The average Bonchev–Trinajstić information content (AvgIpc) is 2.89. The first-order chi connectivity index (χ1) is 6.90. The molecule has 2 rings (SSSR count). The fraction of sp³-hybridized carbons (Fsp3) is 0.700.